The molecule has 0 spiro atoms. The maximum absolute atomic E-state index is 13.6. The molecule has 2 heterocycles. The number of nitrogens with zero attached hydrogens (tertiary/aromatic N) is 3. The molecular formula is C21H16F2N4O4. The van der Waals surface area contributed by atoms with Gasteiger partial charge in [0, 0.05) is 17.7 Å². The Bertz CT molecular complexity index is 1340. The Morgan fingerprint density at radius 2 is 1.77 bits per heavy atom. The lowest BCUT2D eigenvalue weighted by Crippen LogP contribution is -2.13. The average Bonchev–Trinajstić information content (AvgIpc) is 2.76. The molecule has 2 aromatic heterocycles. The van der Waals surface area contributed by atoms with Gasteiger partial charge >= 0.3 is 0 Å². The first-order valence-electron chi connectivity index (χ1n) is 9.05. The summed E-state index contributed by atoms with van der Waals surface area (Å²) >= 11 is 0. The van der Waals surface area contributed by atoms with Crippen LogP contribution in [0.1, 0.15) is 11.5 Å². The summed E-state index contributed by atoms with van der Waals surface area (Å²) in [5, 5.41) is 18.1. The van der Waals surface area contributed by atoms with E-state index in [1.54, 1.807) is 18.2 Å². The van der Waals surface area contributed by atoms with Gasteiger partial charge in [0.15, 0.2) is 23.1 Å². The Kier molecular flexibility index (Phi) is 5.20. The van der Waals surface area contributed by atoms with Gasteiger partial charge in [-0.05, 0) is 24.3 Å². The van der Waals surface area contributed by atoms with E-state index in [1.807, 2.05) is 0 Å². The van der Waals surface area contributed by atoms with E-state index in [4.69, 9.17) is 9.47 Å². The van der Waals surface area contributed by atoms with E-state index < -0.39 is 17.4 Å². The van der Waals surface area contributed by atoms with Gasteiger partial charge in [0.2, 0.25) is 0 Å². The average molecular weight is 426 g/mol. The maximum Gasteiger partial charge on any atom is 0.258 e. The van der Waals surface area contributed by atoms with Gasteiger partial charge in [-0.2, -0.15) is 10.2 Å². The molecule has 0 bridgehead atoms. The molecule has 0 unspecified atom stereocenters. The summed E-state index contributed by atoms with van der Waals surface area (Å²) in [5.74, 6) is -1.47. The molecule has 2 aromatic carbocycles. The van der Waals surface area contributed by atoms with Crippen LogP contribution in [0.5, 0.6) is 17.2 Å². The second-order valence-corrected chi connectivity index (χ2v) is 6.61. The molecule has 0 amide bonds. The molecular weight excluding hydrogens is 410 g/mol. The van der Waals surface area contributed by atoms with Crippen LogP contribution in [0, 0.1) is 11.6 Å². The number of hydrogen-bond acceptors (Lipinski definition) is 7. The highest BCUT2D eigenvalue weighted by atomic mass is 19.1. The molecule has 31 heavy (non-hydrogen) atoms. The van der Waals surface area contributed by atoms with Crippen LogP contribution in [0.25, 0.3) is 22.2 Å². The highest BCUT2D eigenvalue weighted by Gasteiger charge is 2.15. The summed E-state index contributed by atoms with van der Waals surface area (Å²) in [6, 6.07) is 7.71. The van der Waals surface area contributed by atoms with Gasteiger partial charge in [-0.25, -0.2) is 13.8 Å². The van der Waals surface area contributed by atoms with E-state index >= 15 is 0 Å². The second-order valence-electron chi connectivity index (χ2n) is 6.61. The minimum absolute atomic E-state index is 0.0939. The highest BCUT2D eigenvalue weighted by molar-refractivity contribution is 5.81. The number of benzene rings is 2. The first kappa shape index (κ1) is 20.2. The monoisotopic (exact) mass is 426 g/mol. The number of fused-ring (bicyclic) bond motifs is 1. The van der Waals surface area contributed by atoms with Crippen molar-refractivity contribution >= 4 is 10.9 Å². The fraction of sp³-hybridized carbons (Fsp3) is 0.143. The summed E-state index contributed by atoms with van der Waals surface area (Å²) in [4.78, 5) is 19.6. The Morgan fingerprint density at radius 3 is 2.45 bits per heavy atom. The molecule has 2 N–H and O–H groups in total. The first-order valence-corrected chi connectivity index (χ1v) is 9.05. The largest absolute Gasteiger partial charge is 0.504 e. The molecule has 0 aliphatic carbocycles. The van der Waals surface area contributed by atoms with Crippen LogP contribution < -0.4 is 15.0 Å². The van der Waals surface area contributed by atoms with Crippen molar-refractivity contribution in [3.8, 4) is 28.5 Å². The zero-order valence-corrected chi connectivity index (χ0v) is 16.4. The van der Waals surface area contributed by atoms with Crippen LogP contribution >= 0.6 is 0 Å². The summed E-state index contributed by atoms with van der Waals surface area (Å²) in [5.41, 5.74) is 0.487. The topological polar surface area (TPSA) is 110 Å². The zero-order valence-electron chi connectivity index (χ0n) is 16.4. The molecule has 158 valence electrons. The summed E-state index contributed by atoms with van der Waals surface area (Å²) in [6.07, 6.45) is 0.149. The minimum atomic E-state index is -1.09. The predicted octanol–water partition coefficient (Wildman–Crippen LogP) is 2.97. The Labute approximate surface area is 174 Å². The van der Waals surface area contributed by atoms with E-state index in [9.17, 15) is 18.7 Å². The summed E-state index contributed by atoms with van der Waals surface area (Å²) < 4.78 is 37.5. The van der Waals surface area contributed by atoms with Gasteiger partial charge in [-0.3, -0.25) is 4.79 Å². The summed E-state index contributed by atoms with van der Waals surface area (Å²) in [6.45, 7) is 0. The van der Waals surface area contributed by atoms with Crippen molar-refractivity contribution < 1.29 is 23.4 Å². The summed E-state index contributed by atoms with van der Waals surface area (Å²) in [7, 11) is 2.96. The lowest BCUT2D eigenvalue weighted by molar-refractivity contribution is 0.355. The third kappa shape index (κ3) is 3.87. The van der Waals surface area contributed by atoms with Crippen LogP contribution in [-0.4, -0.2) is 39.5 Å². The van der Waals surface area contributed by atoms with Crippen molar-refractivity contribution in [3.05, 3.63) is 69.9 Å². The number of rotatable bonds is 5. The second kappa shape index (κ2) is 7.98. The third-order valence-corrected chi connectivity index (χ3v) is 4.63. The van der Waals surface area contributed by atoms with Crippen molar-refractivity contribution in [2.45, 2.75) is 6.42 Å². The number of phenolic OH excluding ortho intramolecular Hbond substituents is 1. The van der Waals surface area contributed by atoms with E-state index in [0.29, 0.717) is 40.0 Å². The lowest BCUT2D eigenvalue weighted by atomic mass is 10.1. The van der Waals surface area contributed by atoms with Crippen molar-refractivity contribution in [2.24, 2.45) is 0 Å². The van der Waals surface area contributed by atoms with Crippen molar-refractivity contribution in [3.63, 3.8) is 0 Å². The molecule has 0 aliphatic heterocycles. The number of phenols is 1. The van der Waals surface area contributed by atoms with Gasteiger partial charge < -0.3 is 19.6 Å². The molecule has 0 saturated carbocycles. The standard InChI is InChI=1S/C21H16F2N4O4/c1-30-17-8-13-16(9-18(17)31-2)24-19(25-21(13)29)7-11-3-4-15(27-26-11)12-5-10(22)6-14(23)20(12)28/h3-6,8-9,28H,7H2,1-2H3,(H,24,25,29). The Hall–Kier alpha value is -4.08. The van der Waals surface area contributed by atoms with Crippen LogP contribution in [0.4, 0.5) is 8.78 Å². The Morgan fingerprint density at radius 1 is 1.03 bits per heavy atom. The van der Waals surface area contributed by atoms with Gasteiger partial charge in [0.25, 0.3) is 5.56 Å². The number of H-pyrrole nitrogens is 1. The van der Waals surface area contributed by atoms with Crippen molar-refractivity contribution in [2.75, 3.05) is 14.2 Å². The molecule has 0 saturated heterocycles. The molecule has 10 heteroatoms. The van der Waals surface area contributed by atoms with Gasteiger partial charge in [-0.15, -0.1) is 0 Å². The quantitative estimate of drug-likeness (QED) is 0.505. The van der Waals surface area contributed by atoms with Gasteiger partial charge in [0.1, 0.15) is 11.6 Å². The van der Waals surface area contributed by atoms with E-state index in [2.05, 4.69) is 20.2 Å². The maximum atomic E-state index is 13.6. The van der Waals surface area contributed by atoms with Gasteiger partial charge in [0.05, 0.1) is 42.9 Å². The van der Waals surface area contributed by atoms with Crippen LogP contribution in [0.15, 0.2) is 41.2 Å². The number of halogens is 2. The molecule has 4 rings (SSSR count). The van der Waals surface area contributed by atoms with E-state index in [-0.39, 0.29) is 23.2 Å². The SMILES string of the molecule is COc1cc2nc(Cc3ccc(-c4cc(F)cc(F)c4O)nn3)[nH]c(=O)c2cc1OC. The minimum Gasteiger partial charge on any atom is -0.504 e. The van der Waals surface area contributed by atoms with Crippen LogP contribution in [0.3, 0.4) is 0 Å². The number of ether oxygens (including phenoxy) is 2. The number of aromatic nitrogens is 4. The zero-order chi connectivity index (χ0) is 22.1. The molecule has 0 radical (unpaired) electrons. The lowest BCUT2D eigenvalue weighted by Gasteiger charge is -2.09. The fourth-order valence-electron chi connectivity index (χ4n) is 3.13. The normalized spacial score (nSPS) is 11.0. The predicted molar refractivity (Wildman–Crippen MR) is 107 cm³/mol. The molecule has 8 nitrogen and oxygen atoms in total. The number of aromatic hydroxyl groups is 1. The molecule has 0 aliphatic rings. The third-order valence-electron chi connectivity index (χ3n) is 4.63. The number of methoxy groups -OCH3 is 2. The molecule has 4 aromatic rings. The number of aromatic amines is 1. The molecule has 0 fully saturated rings. The number of nitrogens with one attached hydrogen (secondary N) is 1. The van der Waals surface area contributed by atoms with Gasteiger partial charge in [-0.1, -0.05) is 0 Å². The van der Waals surface area contributed by atoms with Crippen molar-refractivity contribution in [1.29, 1.82) is 0 Å². The van der Waals surface area contributed by atoms with Crippen LogP contribution in [-0.2, 0) is 6.42 Å². The smallest absolute Gasteiger partial charge is 0.258 e. The number of hydrogen-bond donors (Lipinski definition) is 2. The van der Waals surface area contributed by atoms with E-state index in [1.165, 1.54) is 20.3 Å². The Balaban J connectivity index is 1.66. The van der Waals surface area contributed by atoms with E-state index in [0.717, 1.165) is 6.07 Å². The van der Waals surface area contributed by atoms with Crippen molar-refractivity contribution in [1.82, 2.24) is 20.2 Å². The molecule has 0 atom stereocenters. The fourth-order valence-corrected chi connectivity index (χ4v) is 3.13. The van der Waals surface area contributed by atoms with Crippen LogP contribution in [0.2, 0.25) is 0 Å². The highest BCUT2D eigenvalue weighted by Crippen LogP contribution is 2.31. The first-order chi connectivity index (χ1) is 14.9.